The van der Waals surface area contributed by atoms with E-state index in [4.69, 9.17) is 5.73 Å². The van der Waals surface area contributed by atoms with Gasteiger partial charge in [0, 0.05) is 30.9 Å². The average Bonchev–Trinajstić information content (AvgIpc) is 2.52. The summed E-state index contributed by atoms with van der Waals surface area (Å²) in [4.78, 5) is 12.0. The smallest absolute Gasteiger partial charge is 0.350 e. The Kier molecular flexibility index (Phi) is 7.37. The molecule has 24 heavy (non-hydrogen) atoms. The number of nitrogens with one attached hydrogen (secondary N) is 1. The third-order valence-corrected chi connectivity index (χ3v) is 5.39. The topological polar surface area (TPSA) is 92.5 Å². The van der Waals surface area contributed by atoms with E-state index in [1.54, 1.807) is 24.3 Å². The number of nitrogen functional groups attached to an aromatic ring is 1. The van der Waals surface area contributed by atoms with Crippen molar-refractivity contribution in [2.24, 2.45) is 5.92 Å². The maximum absolute atomic E-state index is 12.5. The first-order valence-electron chi connectivity index (χ1n) is 7.21. The van der Waals surface area contributed by atoms with Gasteiger partial charge in [-0.15, -0.1) is 12.4 Å². The van der Waals surface area contributed by atoms with Gasteiger partial charge < -0.3 is 11.1 Å². The van der Waals surface area contributed by atoms with Gasteiger partial charge in [-0.25, -0.2) is 8.42 Å². The third kappa shape index (κ3) is 5.02. The second kappa shape index (κ2) is 8.59. The van der Waals surface area contributed by atoms with Gasteiger partial charge in [0.2, 0.25) is 0 Å². The minimum absolute atomic E-state index is 0. The number of hydrogen-bond acceptors (Lipinski definition) is 4. The lowest BCUT2D eigenvalue weighted by Crippen LogP contribution is -2.43. The largest absolute Gasteiger partial charge is 0.399 e. The van der Waals surface area contributed by atoms with Crippen molar-refractivity contribution in [2.75, 3.05) is 25.4 Å². The van der Waals surface area contributed by atoms with Gasteiger partial charge in [-0.05, 0) is 37.0 Å². The molecule has 136 valence electrons. The first-order valence-corrected chi connectivity index (χ1v) is 8.72. The molecular weight excluding hydrogens is 364 g/mol. The molecule has 0 atom stereocenters. The predicted octanol–water partition coefficient (Wildman–Crippen LogP) is 1.68. The number of carbonyl (C=O) groups excluding carboxylic acids is 1. The quantitative estimate of drug-likeness (QED) is 0.757. The van der Waals surface area contributed by atoms with E-state index in [1.165, 1.54) is 0 Å². The maximum Gasteiger partial charge on any atom is 0.350 e. The molecule has 1 fully saturated rings. The van der Waals surface area contributed by atoms with E-state index in [9.17, 15) is 22.0 Å². The van der Waals surface area contributed by atoms with Gasteiger partial charge in [0.25, 0.3) is 15.9 Å². The summed E-state index contributed by atoms with van der Waals surface area (Å²) in [7, 11) is -4.50. The van der Waals surface area contributed by atoms with E-state index in [-0.39, 0.29) is 37.3 Å². The molecule has 1 aliphatic heterocycles. The Labute approximate surface area is 145 Å². The standard InChI is InChI=1S/C14H19F2N3O3S.ClH/c15-14(16)23(21,22)19-6-4-10(5-7-19)9-18-13(20)11-2-1-3-12(17)8-11;/h1-3,8,10,14H,4-7,9,17H2,(H,18,20);1H. The Balaban J connectivity index is 0.00000288. The summed E-state index contributed by atoms with van der Waals surface area (Å²) in [6, 6.07) is 6.56. The van der Waals surface area contributed by atoms with Crippen molar-refractivity contribution >= 4 is 34.0 Å². The summed E-state index contributed by atoms with van der Waals surface area (Å²) >= 11 is 0. The summed E-state index contributed by atoms with van der Waals surface area (Å²) in [5.41, 5.74) is 6.55. The number of nitrogens with zero attached hydrogens (tertiary/aromatic N) is 1. The number of rotatable bonds is 5. The zero-order chi connectivity index (χ0) is 17.0. The Morgan fingerprint density at radius 1 is 1.33 bits per heavy atom. The Bertz CT molecular complexity index is 665. The molecule has 10 heteroatoms. The van der Waals surface area contributed by atoms with Gasteiger partial charge in [-0.1, -0.05) is 6.07 Å². The predicted molar refractivity (Wildman–Crippen MR) is 89.7 cm³/mol. The Hall–Kier alpha value is -1.45. The van der Waals surface area contributed by atoms with Crippen LogP contribution in [0.25, 0.3) is 0 Å². The number of halogens is 3. The van der Waals surface area contributed by atoms with E-state index in [1.807, 2.05) is 0 Å². The molecule has 0 unspecified atom stereocenters. The lowest BCUT2D eigenvalue weighted by molar-refractivity contribution is 0.0941. The number of piperidine rings is 1. The fourth-order valence-electron chi connectivity index (χ4n) is 2.50. The molecule has 2 rings (SSSR count). The average molecular weight is 384 g/mol. The summed E-state index contributed by atoms with van der Waals surface area (Å²) in [5.74, 6) is -3.59. The number of benzene rings is 1. The molecule has 1 aromatic rings. The van der Waals surface area contributed by atoms with Gasteiger partial charge in [0.15, 0.2) is 0 Å². The van der Waals surface area contributed by atoms with E-state index in [0.29, 0.717) is 30.6 Å². The summed E-state index contributed by atoms with van der Waals surface area (Å²) in [5, 5.41) is 2.76. The zero-order valence-corrected chi connectivity index (χ0v) is 14.5. The number of anilines is 1. The molecule has 1 amide bonds. The highest BCUT2D eigenvalue weighted by Crippen LogP contribution is 2.22. The lowest BCUT2D eigenvalue weighted by atomic mass is 9.98. The third-order valence-electron chi connectivity index (χ3n) is 3.86. The number of sulfonamides is 1. The Morgan fingerprint density at radius 3 is 2.50 bits per heavy atom. The second-order valence-electron chi connectivity index (χ2n) is 5.48. The fourth-order valence-corrected chi connectivity index (χ4v) is 3.44. The molecule has 6 nitrogen and oxygen atoms in total. The fraction of sp³-hybridized carbons (Fsp3) is 0.500. The highest BCUT2D eigenvalue weighted by atomic mass is 35.5. The van der Waals surface area contributed by atoms with Crippen LogP contribution in [-0.2, 0) is 10.0 Å². The van der Waals surface area contributed by atoms with Crippen LogP contribution in [0.5, 0.6) is 0 Å². The normalized spacial score (nSPS) is 16.6. The van der Waals surface area contributed by atoms with Crippen LogP contribution in [0.3, 0.4) is 0 Å². The number of amides is 1. The molecule has 0 saturated carbocycles. The number of nitrogens with two attached hydrogens (primary N) is 1. The molecule has 1 saturated heterocycles. The van der Waals surface area contributed by atoms with Crippen molar-refractivity contribution in [3.8, 4) is 0 Å². The van der Waals surface area contributed by atoms with Crippen LogP contribution in [0.1, 0.15) is 23.2 Å². The van der Waals surface area contributed by atoms with Crippen LogP contribution in [0.4, 0.5) is 14.5 Å². The molecule has 0 aromatic heterocycles. The molecule has 1 aliphatic rings. The van der Waals surface area contributed by atoms with Crippen molar-refractivity contribution < 1.29 is 22.0 Å². The molecule has 0 spiro atoms. The van der Waals surface area contributed by atoms with Gasteiger partial charge in [0.05, 0.1) is 0 Å². The minimum atomic E-state index is -4.50. The number of hydrogen-bond donors (Lipinski definition) is 2. The molecule has 0 radical (unpaired) electrons. The monoisotopic (exact) mass is 383 g/mol. The number of carbonyl (C=O) groups is 1. The van der Waals surface area contributed by atoms with E-state index in [2.05, 4.69) is 5.32 Å². The molecule has 1 heterocycles. The van der Waals surface area contributed by atoms with Crippen molar-refractivity contribution in [2.45, 2.75) is 18.6 Å². The second-order valence-corrected chi connectivity index (χ2v) is 7.39. The van der Waals surface area contributed by atoms with Crippen molar-refractivity contribution in [1.29, 1.82) is 0 Å². The van der Waals surface area contributed by atoms with E-state index < -0.39 is 15.8 Å². The van der Waals surface area contributed by atoms with Gasteiger partial charge in [-0.3, -0.25) is 4.79 Å². The first-order chi connectivity index (χ1) is 10.8. The highest BCUT2D eigenvalue weighted by molar-refractivity contribution is 7.89. The van der Waals surface area contributed by atoms with Gasteiger partial charge in [-0.2, -0.15) is 13.1 Å². The SMILES string of the molecule is Cl.Nc1cccc(C(=O)NCC2CCN(S(=O)(=O)C(F)F)CC2)c1. The van der Waals surface area contributed by atoms with E-state index in [0.717, 1.165) is 4.31 Å². The first kappa shape index (κ1) is 20.6. The summed E-state index contributed by atoms with van der Waals surface area (Å²) < 4.78 is 48.5. The van der Waals surface area contributed by atoms with E-state index >= 15 is 0 Å². The summed E-state index contributed by atoms with van der Waals surface area (Å²) in [6.45, 7) is 0.465. The molecule has 0 aliphatic carbocycles. The molecule has 1 aromatic carbocycles. The van der Waals surface area contributed by atoms with Crippen molar-refractivity contribution in [3.05, 3.63) is 29.8 Å². The Morgan fingerprint density at radius 2 is 1.96 bits per heavy atom. The minimum Gasteiger partial charge on any atom is -0.399 e. The number of alkyl halides is 2. The van der Waals surface area contributed by atoms with Crippen LogP contribution in [0.2, 0.25) is 0 Å². The molecular formula is C14H20ClF2N3O3S. The van der Waals surface area contributed by atoms with Crippen LogP contribution in [0.15, 0.2) is 24.3 Å². The van der Waals surface area contributed by atoms with Gasteiger partial charge >= 0.3 is 5.76 Å². The highest BCUT2D eigenvalue weighted by Gasteiger charge is 2.34. The van der Waals surface area contributed by atoms with Crippen molar-refractivity contribution in [1.82, 2.24) is 9.62 Å². The van der Waals surface area contributed by atoms with Crippen LogP contribution >= 0.6 is 12.4 Å². The van der Waals surface area contributed by atoms with Crippen LogP contribution < -0.4 is 11.1 Å². The maximum atomic E-state index is 12.5. The zero-order valence-electron chi connectivity index (χ0n) is 12.8. The van der Waals surface area contributed by atoms with Crippen LogP contribution in [-0.4, -0.2) is 44.0 Å². The van der Waals surface area contributed by atoms with Crippen LogP contribution in [0, 0.1) is 5.92 Å². The summed E-state index contributed by atoms with van der Waals surface area (Å²) in [6.07, 6.45) is 0.867. The molecule has 0 bridgehead atoms. The molecule has 3 N–H and O–H groups in total. The van der Waals surface area contributed by atoms with Crippen molar-refractivity contribution in [3.63, 3.8) is 0 Å². The lowest BCUT2D eigenvalue weighted by Gasteiger charge is -2.30. The van der Waals surface area contributed by atoms with Gasteiger partial charge in [0.1, 0.15) is 0 Å².